The van der Waals surface area contributed by atoms with Gasteiger partial charge in [-0.25, -0.2) is 9.59 Å². The van der Waals surface area contributed by atoms with Crippen LogP contribution in [0.1, 0.15) is 33.6 Å². The molecule has 2 saturated heterocycles. The number of aromatic nitrogens is 1. The van der Waals surface area contributed by atoms with Gasteiger partial charge in [0.15, 0.2) is 0 Å². The van der Waals surface area contributed by atoms with E-state index < -0.39 is 58.5 Å². The normalized spacial score (nSPS) is 19.8. The molecule has 15 nitrogen and oxygen atoms in total. The second-order valence-electron chi connectivity index (χ2n) is 8.90. The van der Waals surface area contributed by atoms with Crippen molar-refractivity contribution in [3.63, 3.8) is 0 Å². The standard InChI is InChI=1S/C19H26N6O9S/c1-19(2,3)24(18(29)33-22-9-5-4-6-10-22)12-15(26)20-21-16(27)14-8-7-13-11-23(14)17(28)25(13)34-35(30,31)32/h4-6,9-10,13-14H,7-8,11-12H2,1-3H3,(H2-,20,21,26,27,30,31,32)/p+1/t13-,14+/m1/s1. The Morgan fingerprint density at radius 3 is 2.43 bits per heavy atom. The van der Waals surface area contributed by atoms with Gasteiger partial charge in [-0.3, -0.25) is 29.9 Å². The van der Waals surface area contributed by atoms with Gasteiger partial charge >= 0.3 is 22.5 Å². The highest BCUT2D eigenvalue weighted by atomic mass is 32.3. The average Bonchev–Trinajstić information content (AvgIpc) is 2.99. The van der Waals surface area contributed by atoms with Gasteiger partial charge in [0.25, 0.3) is 11.8 Å². The Morgan fingerprint density at radius 1 is 1.17 bits per heavy atom. The van der Waals surface area contributed by atoms with Crippen molar-refractivity contribution in [1.82, 2.24) is 25.7 Å². The Bertz CT molecular complexity index is 1090. The van der Waals surface area contributed by atoms with Gasteiger partial charge in [-0.2, -0.15) is 18.3 Å². The number of nitrogens with zero attached hydrogens (tertiary/aromatic N) is 4. The summed E-state index contributed by atoms with van der Waals surface area (Å²) in [5.74, 6) is -1.44. The van der Waals surface area contributed by atoms with Crippen LogP contribution in [-0.2, 0) is 24.3 Å². The summed E-state index contributed by atoms with van der Waals surface area (Å²) < 4.78 is 36.3. The van der Waals surface area contributed by atoms with Crippen molar-refractivity contribution in [3.05, 3.63) is 30.6 Å². The lowest BCUT2D eigenvalue weighted by Gasteiger charge is -2.32. The van der Waals surface area contributed by atoms with Gasteiger partial charge in [0, 0.05) is 28.9 Å². The number of nitrogens with one attached hydrogen (secondary N) is 2. The lowest BCUT2D eigenvalue weighted by atomic mass is 10.0. The first-order valence-corrected chi connectivity index (χ1v) is 11.9. The molecule has 0 saturated carbocycles. The third kappa shape index (κ3) is 6.55. The molecule has 35 heavy (non-hydrogen) atoms. The minimum absolute atomic E-state index is 0.00117. The molecule has 1 aromatic heterocycles. The minimum atomic E-state index is -4.91. The zero-order valence-corrected chi connectivity index (χ0v) is 20.1. The summed E-state index contributed by atoms with van der Waals surface area (Å²) in [6, 6.07) is 2.48. The number of hydrogen-bond acceptors (Lipinski definition) is 8. The number of hydrazine groups is 1. The van der Waals surface area contributed by atoms with Crippen LogP contribution in [0.4, 0.5) is 9.59 Å². The van der Waals surface area contributed by atoms with E-state index in [1.54, 1.807) is 39.0 Å². The number of hydroxylamine groups is 2. The van der Waals surface area contributed by atoms with E-state index in [1.165, 1.54) is 17.1 Å². The monoisotopic (exact) mass is 515 g/mol. The van der Waals surface area contributed by atoms with Crippen LogP contribution in [0.25, 0.3) is 0 Å². The molecule has 2 aliphatic heterocycles. The second-order valence-corrected chi connectivity index (χ2v) is 9.90. The molecule has 0 unspecified atom stereocenters. The number of pyridine rings is 1. The Morgan fingerprint density at radius 2 is 1.83 bits per heavy atom. The molecule has 1 aromatic rings. The van der Waals surface area contributed by atoms with E-state index in [0.29, 0.717) is 5.06 Å². The minimum Gasteiger partial charge on any atom is -0.309 e. The number of carbonyl (C=O) groups is 4. The van der Waals surface area contributed by atoms with E-state index in [0.717, 1.165) is 9.80 Å². The van der Waals surface area contributed by atoms with E-state index in [2.05, 4.69) is 15.1 Å². The average molecular weight is 516 g/mol. The number of urea groups is 1. The molecule has 0 radical (unpaired) electrons. The van der Waals surface area contributed by atoms with Gasteiger partial charge in [0.1, 0.15) is 12.6 Å². The molecule has 0 aromatic carbocycles. The number of rotatable bonds is 6. The van der Waals surface area contributed by atoms with Gasteiger partial charge in [-0.15, -0.1) is 4.28 Å². The van der Waals surface area contributed by atoms with E-state index in [1.807, 2.05) is 0 Å². The summed E-state index contributed by atoms with van der Waals surface area (Å²) in [6.07, 6.45) is 2.61. The third-order valence-electron chi connectivity index (χ3n) is 5.33. The third-order valence-corrected chi connectivity index (χ3v) is 5.68. The molecular weight excluding hydrogens is 488 g/mol. The van der Waals surface area contributed by atoms with Crippen molar-refractivity contribution >= 4 is 34.3 Å². The maximum Gasteiger partial charge on any atom is 0.479 e. The quantitative estimate of drug-likeness (QED) is 0.238. The van der Waals surface area contributed by atoms with Gasteiger partial charge in [0.2, 0.25) is 12.4 Å². The van der Waals surface area contributed by atoms with Crippen LogP contribution in [0.3, 0.4) is 0 Å². The van der Waals surface area contributed by atoms with E-state index in [-0.39, 0.29) is 19.4 Å². The van der Waals surface area contributed by atoms with E-state index in [4.69, 9.17) is 9.39 Å². The molecule has 0 aliphatic carbocycles. The summed E-state index contributed by atoms with van der Waals surface area (Å²) >= 11 is 0. The lowest BCUT2D eigenvalue weighted by molar-refractivity contribution is -0.869. The summed E-state index contributed by atoms with van der Waals surface area (Å²) in [4.78, 5) is 57.6. The maximum absolute atomic E-state index is 12.6. The Kier molecular flexibility index (Phi) is 7.47. The maximum atomic E-state index is 12.6. The van der Waals surface area contributed by atoms with Crippen molar-refractivity contribution in [3.8, 4) is 0 Å². The molecule has 5 amide bonds. The van der Waals surface area contributed by atoms with Crippen molar-refractivity contribution in [2.45, 2.75) is 51.2 Å². The highest BCUT2D eigenvalue weighted by Crippen LogP contribution is 2.30. The van der Waals surface area contributed by atoms with Crippen LogP contribution in [0.2, 0.25) is 0 Å². The van der Waals surface area contributed by atoms with Crippen molar-refractivity contribution in [2.24, 2.45) is 0 Å². The summed E-state index contributed by atoms with van der Waals surface area (Å²) in [7, 11) is -4.91. The van der Waals surface area contributed by atoms with Crippen LogP contribution in [0, 0.1) is 0 Å². The van der Waals surface area contributed by atoms with Crippen LogP contribution in [-0.4, -0.2) is 82.5 Å². The summed E-state index contributed by atoms with van der Waals surface area (Å²) in [5.41, 5.74) is 3.63. The lowest BCUT2D eigenvalue weighted by Crippen LogP contribution is -2.59. The van der Waals surface area contributed by atoms with Gasteiger partial charge < -0.3 is 4.90 Å². The molecular formula is C19H27N6O9S+. The topological polar surface area (TPSA) is 179 Å². The molecule has 3 rings (SSSR count). The number of piperidine rings is 1. The zero-order chi connectivity index (χ0) is 26.0. The molecule has 0 spiro atoms. The summed E-state index contributed by atoms with van der Waals surface area (Å²) in [6.45, 7) is 4.66. The van der Waals surface area contributed by atoms with Crippen LogP contribution in [0.5, 0.6) is 0 Å². The highest BCUT2D eigenvalue weighted by Gasteiger charge is 2.49. The van der Waals surface area contributed by atoms with Crippen LogP contribution >= 0.6 is 0 Å². The number of amides is 5. The van der Waals surface area contributed by atoms with Crippen LogP contribution < -0.4 is 20.4 Å². The Hall–Kier alpha value is -3.50. The first-order valence-electron chi connectivity index (χ1n) is 10.6. The molecule has 192 valence electrons. The Balaban J connectivity index is 1.57. The fraction of sp³-hybridized carbons (Fsp3) is 0.526. The highest BCUT2D eigenvalue weighted by molar-refractivity contribution is 7.80. The molecule has 2 atom stereocenters. The fourth-order valence-electron chi connectivity index (χ4n) is 3.66. The molecule has 3 heterocycles. The number of carbonyl (C=O) groups excluding carboxylic acids is 4. The van der Waals surface area contributed by atoms with Gasteiger partial charge in [-0.05, 0) is 33.6 Å². The van der Waals surface area contributed by atoms with Crippen molar-refractivity contribution < 1.29 is 46.0 Å². The van der Waals surface area contributed by atoms with E-state index >= 15 is 0 Å². The van der Waals surface area contributed by atoms with Crippen LogP contribution in [0.15, 0.2) is 30.6 Å². The molecule has 2 bridgehead atoms. The first-order chi connectivity index (χ1) is 16.3. The SMILES string of the molecule is CC(C)(C)N(CC(=O)NNC(=O)[C@@H]1CC[C@@H]2CN1C(=O)N2OS(=O)(=O)O)C(=O)O[n+]1ccccc1. The van der Waals surface area contributed by atoms with Gasteiger partial charge in [0.05, 0.1) is 6.04 Å². The molecule has 16 heteroatoms. The molecule has 3 N–H and O–H groups in total. The fourth-order valence-corrected chi connectivity index (χ4v) is 4.05. The smallest absolute Gasteiger partial charge is 0.309 e. The molecule has 2 aliphatic rings. The molecule has 2 fully saturated rings. The summed E-state index contributed by atoms with van der Waals surface area (Å²) in [5, 5.41) is 0.513. The van der Waals surface area contributed by atoms with Crippen molar-refractivity contribution in [2.75, 3.05) is 13.1 Å². The number of fused-ring (bicyclic) bond motifs is 2. The van der Waals surface area contributed by atoms with Crippen molar-refractivity contribution in [1.29, 1.82) is 0 Å². The number of hydrogen-bond donors (Lipinski definition) is 3. The van der Waals surface area contributed by atoms with Gasteiger partial charge in [-0.1, -0.05) is 6.07 Å². The predicted octanol–water partition coefficient (Wildman–Crippen LogP) is -1.23. The van der Waals surface area contributed by atoms with E-state index in [9.17, 15) is 27.6 Å². The predicted molar refractivity (Wildman–Crippen MR) is 115 cm³/mol. The first kappa shape index (κ1) is 26.1. The zero-order valence-electron chi connectivity index (χ0n) is 19.3. The largest absolute Gasteiger partial charge is 0.479 e. The second kappa shape index (κ2) is 10.0. The Labute approximate surface area is 201 Å².